The van der Waals surface area contributed by atoms with Gasteiger partial charge in [0, 0.05) is 46.4 Å². The minimum Gasteiger partial charge on any atom is -0.461 e. The van der Waals surface area contributed by atoms with Crippen molar-refractivity contribution < 1.29 is 31.9 Å². The van der Waals surface area contributed by atoms with Crippen LogP contribution in [0, 0.1) is 11.6 Å². The molecule has 2 N–H and O–H groups in total. The Labute approximate surface area is 370 Å². The summed E-state index contributed by atoms with van der Waals surface area (Å²) in [6.07, 6.45) is 7.84. The van der Waals surface area contributed by atoms with E-state index in [2.05, 4.69) is 40.3 Å². The number of alkyl halides is 2. The Kier molecular flexibility index (Phi) is 11.7. The number of halogens is 4. The lowest BCUT2D eigenvalue weighted by Crippen LogP contribution is -2.44. The van der Waals surface area contributed by atoms with E-state index >= 15 is 0 Å². The van der Waals surface area contributed by atoms with E-state index in [9.17, 15) is 27.2 Å². The second-order valence-electron chi connectivity index (χ2n) is 15.9. The number of ether oxygens (including phenoxy) is 1. The van der Waals surface area contributed by atoms with Crippen LogP contribution in [0.4, 0.5) is 17.6 Å². The van der Waals surface area contributed by atoms with Crippen molar-refractivity contribution in [2.45, 2.75) is 81.5 Å². The lowest BCUT2D eigenvalue weighted by atomic mass is 9.62. The maximum absolute atomic E-state index is 14.3. The summed E-state index contributed by atoms with van der Waals surface area (Å²) in [5.41, 5.74) is 9.37. The molecule has 2 aliphatic rings. The van der Waals surface area contributed by atoms with E-state index in [0.29, 0.717) is 87.8 Å². The maximum atomic E-state index is 14.3. The Morgan fingerprint density at radius 2 is 1.17 bits per heavy atom. The number of thiazole rings is 2. The second-order valence-corrected chi connectivity index (χ2v) is 17.6. The molecule has 0 unspecified atom stereocenters. The van der Waals surface area contributed by atoms with Crippen LogP contribution < -0.4 is 5.73 Å². The van der Waals surface area contributed by atoms with Crippen molar-refractivity contribution in [2.75, 3.05) is 6.61 Å². The van der Waals surface area contributed by atoms with Gasteiger partial charge in [0.25, 0.3) is 5.91 Å². The van der Waals surface area contributed by atoms with Gasteiger partial charge in [-0.25, -0.2) is 32.3 Å². The minimum atomic E-state index is -0.936. The van der Waals surface area contributed by atoms with Gasteiger partial charge in [0.1, 0.15) is 58.1 Å². The van der Waals surface area contributed by atoms with E-state index < -0.39 is 46.7 Å². The number of amides is 1. The molecule has 8 aromatic heterocycles. The molecule has 2 saturated carbocycles. The lowest BCUT2D eigenvalue weighted by molar-refractivity contribution is 0.0518. The smallest absolute Gasteiger partial charge is 0.356 e. The van der Waals surface area contributed by atoms with Crippen molar-refractivity contribution in [1.82, 2.24) is 49.1 Å². The van der Waals surface area contributed by atoms with Gasteiger partial charge < -0.3 is 10.5 Å². The van der Waals surface area contributed by atoms with Gasteiger partial charge in [0.15, 0.2) is 9.92 Å². The van der Waals surface area contributed by atoms with Crippen LogP contribution in [-0.4, -0.2) is 80.0 Å². The molecule has 328 valence electrons. The number of carbonyl (C=O) groups is 2. The highest BCUT2D eigenvalue weighted by Crippen LogP contribution is 2.49. The molecule has 20 heteroatoms. The molecule has 2 aliphatic carbocycles. The molecule has 0 aliphatic heterocycles. The SMILES string of the molecule is CCOC(=O)c1csc2nc(-c3ccc(CCC4(c5ncccc5F)CC(F)C4)nn3)cn12.NC(=O)c1csc2nc(-c3ccc(CCC4(c5ncccc5F)CC(F)C4)nn3)cn12. The maximum Gasteiger partial charge on any atom is 0.356 e. The first-order valence-electron chi connectivity index (χ1n) is 20.5. The molecule has 0 saturated heterocycles. The number of aryl methyl sites for hydroxylation is 2. The topological polar surface area (TPSA) is 181 Å². The fourth-order valence-electron chi connectivity index (χ4n) is 8.50. The summed E-state index contributed by atoms with van der Waals surface area (Å²) in [6, 6.07) is 13.1. The Hall–Kier alpha value is -6.54. The highest BCUT2D eigenvalue weighted by atomic mass is 32.1. The number of rotatable bonds is 13. The summed E-state index contributed by atoms with van der Waals surface area (Å²) >= 11 is 2.66. The van der Waals surface area contributed by atoms with E-state index in [0.717, 1.165) is 11.4 Å². The van der Waals surface area contributed by atoms with Gasteiger partial charge in [0.05, 0.1) is 29.4 Å². The normalized spacial score (nSPS) is 20.3. The average Bonchev–Trinajstić information content (AvgIpc) is 4.07. The zero-order valence-corrected chi connectivity index (χ0v) is 35.8. The van der Waals surface area contributed by atoms with Crippen LogP contribution >= 0.6 is 22.7 Å². The number of fused-ring (bicyclic) bond motifs is 2. The molecule has 0 atom stereocenters. The molecule has 2 fully saturated rings. The van der Waals surface area contributed by atoms with Crippen LogP contribution in [0.5, 0.6) is 0 Å². The summed E-state index contributed by atoms with van der Waals surface area (Å²) in [6.45, 7) is 2.05. The third-order valence-electron chi connectivity index (χ3n) is 11.8. The highest BCUT2D eigenvalue weighted by molar-refractivity contribution is 7.15. The molecule has 64 heavy (non-hydrogen) atoms. The van der Waals surface area contributed by atoms with E-state index in [1.807, 2.05) is 18.2 Å². The van der Waals surface area contributed by atoms with Crippen molar-refractivity contribution in [3.63, 3.8) is 0 Å². The van der Waals surface area contributed by atoms with Crippen molar-refractivity contribution in [1.29, 1.82) is 0 Å². The number of nitrogens with zero attached hydrogens (tertiary/aromatic N) is 10. The van der Waals surface area contributed by atoms with Gasteiger partial charge in [-0.05, 0) is 107 Å². The largest absolute Gasteiger partial charge is 0.461 e. The first-order valence-corrected chi connectivity index (χ1v) is 22.3. The van der Waals surface area contributed by atoms with E-state index in [-0.39, 0.29) is 25.7 Å². The van der Waals surface area contributed by atoms with Crippen molar-refractivity contribution in [3.8, 4) is 22.8 Å². The highest BCUT2D eigenvalue weighted by Gasteiger charge is 2.49. The molecule has 10 rings (SSSR count). The van der Waals surface area contributed by atoms with Gasteiger partial charge in [-0.3, -0.25) is 23.6 Å². The summed E-state index contributed by atoms with van der Waals surface area (Å²) in [4.78, 5) is 42.3. The van der Waals surface area contributed by atoms with Crippen LogP contribution in [-0.2, 0) is 28.4 Å². The van der Waals surface area contributed by atoms with Gasteiger partial charge in [-0.2, -0.15) is 10.2 Å². The Morgan fingerprint density at radius 1 is 0.703 bits per heavy atom. The first-order chi connectivity index (χ1) is 30.9. The first kappa shape index (κ1) is 42.7. The molecular weight excluding hydrogens is 871 g/mol. The zero-order chi connectivity index (χ0) is 44.6. The molecule has 0 spiro atoms. The van der Waals surface area contributed by atoms with Crippen molar-refractivity contribution in [2.24, 2.45) is 5.73 Å². The fourth-order valence-corrected chi connectivity index (χ4v) is 10.2. The second kappa shape index (κ2) is 17.6. The molecule has 0 bridgehead atoms. The standard InChI is InChI=1S/C23H21F2N5O2S.C21H18F2N6OS/c1-2-32-21(31)19-13-33-22-27-18(12-30(19)22)17-6-5-15(28-29-17)7-8-23(10-14(24)11-23)20-16(25)4-3-9-26-20;22-12-8-21(9-12,18-14(23)2-1-7-25-18)6-5-13-3-4-15(28-27-13)16-10-29-17(19(24)30)11-31-20(29)26-16/h3-6,9,12-14H,2,7-8,10-11H2,1H3;1-4,7,10-12H,5-6,8-9H2,(H2,24,30). The predicted octanol–water partition coefficient (Wildman–Crippen LogP) is 8.05. The summed E-state index contributed by atoms with van der Waals surface area (Å²) in [5.74, 6) is -1.72. The number of hydrogen-bond acceptors (Lipinski definition) is 13. The number of esters is 1. The van der Waals surface area contributed by atoms with Crippen LogP contribution in [0.1, 0.15) is 89.2 Å². The molecule has 0 radical (unpaired) electrons. The molecule has 14 nitrogen and oxygen atoms in total. The Bertz CT molecular complexity index is 2960. The Balaban J connectivity index is 0.000000162. The lowest BCUT2D eigenvalue weighted by Gasteiger charge is -2.44. The molecule has 8 aromatic rings. The Morgan fingerprint density at radius 3 is 1.58 bits per heavy atom. The third-order valence-corrected chi connectivity index (χ3v) is 13.5. The number of nitrogens with two attached hydrogens (primary N) is 1. The number of pyridine rings is 2. The molecule has 8 heterocycles. The number of carbonyl (C=O) groups excluding carboxylic acids is 2. The predicted molar refractivity (Wildman–Crippen MR) is 229 cm³/mol. The van der Waals surface area contributed by atoms with Crippen LogP contribution in [0.3, 0.4) is 0 Å². The van der Waals surface area contributed by atoms with Crippen molar-refractivity contribution in [3.05, 3.63) is 130 Å². The van der Waals surface area contributed by atoms with Crippen LogP contribution in [0.25, 0.3) is 32.7 Å². The number of aromatic nitrogens is 10. The van der Waals surface area contributed by atoms with Gasteiger partial charge in [0.2, 0.25) is 0 Å². The molecular formula is C44H39F4N11O3S2. The van der Waals surface area contributed by atoms with Crippen LogP contribution in [0.15, 0.2) is 84.1 Å². The van der Waals surface area contributed by atoms with E-state index in [1.165, 1.54) is 46.9 Å². The molecule has 1 amide bonds. The van der Waals surface area contributed by atoms with Gasteiger partial charge in [-0.1, -0.05) is 0 Å². The minimum absolute atomic E-state index is 0.264. The van der Waals surface area contributed by atoms with Gasteiger partial charge >= 0.3 is 5.97 Å². The number of primary amides is 1. The van der Waals surface area contributed by atoms with Crippen LogP contribution in [0.2, 0.25) is 0 Å². The summed E-state index contributed by atoms with van der Waals surface area (Å²) in [7, 11) is 0. The van der Waals surface area contributed by atoms with Gasteiger partial charge in [-0.15, -0.1) is 32.9 Å². The zero-order valence-electron chi connectivity index (χ0n) is 34.2. The summed E-state index contributed by atoms with van der Waals surface area (Å²) in [5, 5.41) is 20.5. The number of imidazole rings is 2. The quantitative estimate of drug-likeness (QED) is 0.0873. The molecule has 0 aromatic carbocycles. The fraction of sp³-hybridized carbons (Fsp3) is 0.318. The number of hydrogen-bond donors (Lipinski definition) is 1. The average molecular weight is 910 g/mol. The third kappa shape index (κ3) is 8.34. The van der Waals surface area contributed by atoms with E-state index in [4.69, 9.17) is 10.5 Å². The van der Waals surface area contributed by atoms with E-state index in [1.54, 1.807) is 57.3 Å². The summed E-state index contributed by atoms with van der Waals surface area (Å²) < 4.78 is 64.5. The monoisotopic (exact) mass is 909 g/mol. The van der Waals surface area contributed by atoms with Crippen molar-refractivity contribution >= 4 is 44.5 Å².